The Hall–Kier alpha value is -3.88. The largest absolute Gasteiger partial charge is 0.507 e. The van der Waals surface area contributed by atoms with Crippen LogP contribution in [0.1, 0.15) is 28.3 Å². The van der Waals surface area contributed by atoms with Crippen LogP contribution in [0, 0.1) is 13.8 Å². The van der Waals surface area contributed by atoms with Gasteiger partial charge in [0, 0.05) is 0 Å². The van der Waals surface area contributed by atoms with E-state index in [0.717, 1.165) is 15.8 Å². The summed E-state index contributed by atoms with van der Waals surface area (Å²) in [6, 6.07) is 15.2. The minimum atomic E-state index is -0.958. The van der Waals surface area contributed by atoms with Crippen molar-refractivity contribution in [3.63, 3.8) is 0 Å². The molecule has 0 aliphatic carbocycles. The molecule has 0 radical (unpaired) electrons. The number of benzene rings is 3. The molecule has 1 saturated heterocycles. The highest BCUT2D eigenvalue weighted by Gasteiger charge is 2.48. The maximum Gasteiger partial charge on any atom is 0.301 e. The minimum absolute atomic E-state index is 0.0892. The number of aryl methyl sites for hydroxylation is 2. The van der Waals surface area contributed by atoms with Crippen LogP contribution >= 0.6 is 22.9 Å². The van der Waals surface area contributed by atoms with E-state index in [1.165, 1.54) is 30.5 Å². The average Bonchev–Trinajstić information content (AvgIpc) is 3.40. The molecule has 188 valence electrons. The van der Waals surface area contributed by atoms with Gasteiger partial charge in [-0.3, -0.25) is 14.5 Å². The molecule has 1 N–H and O–H groups in total. The Kier molecular flexibility index (Phi) is 6.39. The van der Waals surface area contributed by atoms with Crippen LogP contribution in [0.15, 0.2) is 60.2 Å². The first kappa shape index (κ1) is 24.8. The third-order valence-electron chi connectivity index (χ3n) is 6.24. The Bertz CT molecular complexity index is 1610. The number of rotatable bonds is 5. The number of aliphatic hydroxyl groups excluding tert-OH is 1. The Balaban J connectivity index is 1.78. The molecule has 0 bridgehead atoms. The number of thiazole rings is 1. The van der Waals surface area contributed by atoms with Crippen molar-refractivity contribution in [3.8, 4) is 11.5 Å². The van der Waals surface area contributed by atoms with Gasteiger partial charge in [-0.1, -0.05) is 41.1 Å². The van der Waals surface area contributed by atoms with Gasteiger partial charge in [-0.25, -0.2) is 4.98 Å². The van der Waals surface area contributed by atoms with E-state index in [1.807, 2.05) is 32.0 Å². The van der Waals surface area contributed by atoms with Crippen LogP contribution in [0.2, 0.25) is 5.02 Å². The molecule has 0 spiro atoms. The molecule has 37 heavy (non-hydrogen) atoms. The third kappa shape index (κ3) is 4.22. The Morgan fingerprint density at radius 3 is 2.54 bits per heavy atom. The van der Waals surface area contributed by atoms with Crippen molar-refractivity contribution >= 4 is 55.7 Å². The number of carbonyl (C=O) groups excluding carboxylic acids is 2. The van der Waals surface area contributed by atoms with E-state index < -0.39 is 17.7 Å². The number of ketones is 1. The van der Waals surface area contributed by atoms with Gasteiger partial charge < -0.3 is 14.6 Å². The van der Waals surface area contributed by atoms with Crippen LogP contribution in [-0.4, -0.2) is 36.0 Å². The fourth-order valence-corrected chi connectivity index (χ4v) is 5.98. The van der Waals surface area contributed by atoms with Gasteiger partial charge >= 0.3 is 5.91 Å². The van der Waals surface area contributed by atoms with Gasteiger partial charge in [-0.15, -0.1) is 0 Å². The van der Waals surface area contributed by atoms with Gasteiger partial charge in [0.25, 0.3) is 5.78 Å². The second-order valence-corrected chi connectivity index (χ2v) is 10.2. The molecular formula is C28H23ClN2O5S. The second-order valence-electron chi connectivity index (χ2n) is 8.74. The van der Waals surface area contributed by atoms with E-state index in [9.17, 15) is 14.7 Å². The fourth-order valence-electron chi connectivity index (χ4n) is 4.54. The van der Waals surface area contributed by atoms with Gasteiger partial charge in [-0.05, 0) is 66.9 Å². The first-order valence-corrected chi connectivity index (χ1v) is 12.6. The molecule has 1 unspecified atom stereocenters. The molecule has 7 nitrogen and oxygen atoms in total. The van der Waals surface area contributed by atoms with Crippen LogP contribution in [-0.2, 0) is 9.59 Å². The van der Waals surface area contributed by atoms with E-state index in [4.69, 9.17) is 21.1 Å². The number of carbonyl (C=O) groups is 2. The lowest BCUT2D eigenvalue weighted by molar-refractivity contribution is -0.132. The molecule has 1 amide bonds. The summed E-state index contributed by atoms with van der Waals surface area (Å²) in [6.45, 7) is 3.78. The van der Waals surface area contributed by atoms with Crippen molar-refractivity contribution in [1.29, 1.82) is 0 Å². The number of hydrogen-bond acceptors (Lipinski definition) is 7. The van der Waals surface area contributed by atoms with Gasteiger partial charge in [0.05, 0.1) is 46.6 Å². The monoisotopic (exact) mass is 534 g/mol. The second kappa shape index (κ2) is 9.53. The molecule has 1 aliphatic rings. The molecule has 1 fully saturated rings. The van der Waals surface area contributed by atoms with Crippen LogP contribution in [0.5, 0.6) is 11.5 Å². The van der Waals surface area contributed by atoms with E-state index in [-0.39, 0.29) is 27.7 Å². The predicted octanol–water partition coefficient (Wildman–Crippen LogP) is 6.21. The van der Waals surface area contributed by atoms with Crippen LogP contribution in [0.25, 0.3) is 16.0 Å². The molecule has 2 heterocycles. The number of methoxy groups -OCH3 is 2. The van der Waals surface area contributed by atoms with E-state index in [1.54, 1.807) is 36.4 Å². The summed E-state index contributed by atoms with van der Waals surface area (Å²) in [4.78, 5) is 33.1. The normalized spacial score (nSPS) is 17.0. The number of Topliss-reactive ketones (excluding diaryl/α,β-unsaturated/α-hetero) is 1. The van der Waals surface area contributed by atoms with Crippen LogP contribution < -0.4 is 14.4 Å². The van der Waals surface area contributed by atoms with Crippen molar-refractivity contribution in [3.05, 3.63) is 87.4 Å². The number of halogens is 1. The third-order valence-corrected chi connectivity index (χ3v) is 7.54. The fraction of sp³-hybridized carbons (Fsp3) is 0.179. The summed E-state index contributed by atoms with van der Waals surface area (Å²) in [5.41, 5.74) is 3.22. The summed E-state index contributed by atoms with van der Waals surface area (Å²) >= 11 is 7.69. The Labute approximate surface area is 222 Å². The molecule has 1 aliphatic heterocycles. The number of aromatic nitrogens is 1. The van der Waals surface area contributed by atoms with Gasteiger partial charge in [0.15, 0.2) is 5.13 Å². The molecular weight excluding hydrogens is 512 g/mol. The summed E-state index contributed by atoms with van der Waals surface area (Å²) in [7, 11) is 2.96. The first-order valence-electron chi connectivity index (χ1n) is 11.4. The molecule has 9 heteroatoms. The van der Waals surface area contributed by atoms with Crippen molar-refractivity contribution in [1.82, 2.24) is 4.98 Å². The molecule has 5 rings (SSSR count). The van der Waals surface area contributed by atoms with Crippen molar-refractivity contribution in [2.45, 2.75) is 19.9 Å². The summed E-state index contributed by atoms with van der Waals surface area (Å²) in [5.74, 6) is -1.26. The topological polar surface area (TPSA) is 89.0 Å². The highest BCUT2D eigenvalue weighted by atomic mass is 35.5. The number of anilines is 1. The standard InChI is InChI=1S/C28H23ClN2O5S/c1-14-8-9-20-21(12-14)37-28(30-20)31-23(16-6-5-7-17(13-16)35-3)22(25(33)27(31)34)24(32)18-10-15(2)11-19(29)26(18)36-4/h5-13,23,32H,1-4H3/b24-22+. The quantitative estimate of drug-likeness (QED) is 0.186. The predicted molar refractivity (Wildman–Crippen MR) is 145 cm³/mol. The number of fused-ring (bicyclic) bond motifs is 1. The van der Waals surface area contributed by atoms with Crippen molar-refractivity contribution in [2.75, 3.05) is 19.1 Å². The highest BCUT2D eigenvalue weighted by Crippen LogP contribution is 2.46. The lowest BCUT2D eigenvalue weighted by Crippen LogP contribution is -2.29. The van der Waals surface area contributed by atoms with E-state index in [2.05, 4.69) is 4.98 Å². The molecule has 3 aromatic carbocycles. The number of amides is 1. The number of aliphatic hydroxyl groups is 1. The first-order chi connectivity index (χ1) is 17.7. The average molecular weight is 535 g/mol. The summed E-state index contributed by atoms with van der Waals surface area (Å²) < 4.78 is 11.7. The number of hydrogen-bond donors (Lipinski definition) is 1. The van der Waals surface area contributed by atoms with Crippen LogP contribution in [0.3, 0.4) is 0 Å². The number of nitrogens with zero attached hydrogens (tertiary/aromatic N) is 2. The molecule has 1 atom stereocenters. The SMILES string of the molecule is COc1cccc(C2/C(=C(\O)c3cc(C)cc(Cl)c3OC)C(=O)C(=O)N2c2nc3ccc(C)cc3s2)c1. The Morgan fingerprint density at radius 2 is 1.81 bits per heavy atom. The lowest BCUT2D eigenvalue weighted by atomic mass is 9.94. The Morgan fingerprint density at radius 1 is 1.03 bits per heavy atom. The van der Waals surface area contributed by atoms with Crippen LogP contribution in [0.4, 0.5) is 5.13 Å². The highest BCUT2D eigenvalue weighted by molar-refractivity contribution is 7.22. The summed E-state index contributed by atoms with van der Waals surface area (Å²) in [5, 5.41) is 12.2. The minimum Gasteiger partial charge on any atom is -0.507 e. The zero-order valence-corrected chi connectivity index (χ0v) is 22.1. The van der Waals surface area contributed by atoms with E-state index >= 15 is 0 Å². The van der Waals surface area contributed by atoms with Gasteiger partial charge in [-0.2, -0.15) is 0 Å². The number of ether oxygens (including phenoxy) is 2. The van der Waals surface area contributed by atoms with Gasteiger partial charge in [0.2, 0.25) is 0 Å². The maximum atomic E-state index is 13.5. The molecule has 4 aromatic rings. The summed E-state index contributed by atoms with van der Waals surface area (Å²) in [6.07, 6.45) is 0. The molecule has 1 aromatic heterocycles. The van der Waals surface area contributed by atoms with E-state index in [0.29, 0.717) is 22.0 Å². The lowest BCUT2D eigenvalue weighted by Gasteiger charge is -2.23. The van der Waals surface area contributed by atoms with Crippen molar-refractivity contribution < 1.29 is 24.2 Å². The van der Waals surface area contributed by atoms with Crippen molar-refractivity contribution in [2.24, 2.45) is 0 Å². The molecule has 0 saturated carbocycles. The zero-order chi connectivity index (χ0) is 26.4. The maximum absolute atomic E-state index is 13.5. The smallest absolute Gasteiger partial charge is 0.301 e. The zero-order valence-electron chi connectivity index (χ0n) is 20.5. The van der Waals surface area contributed by atoms with Gasteiger partial charge in [0.1, 0.15) is 17.3 Å².